The van der Waals surface area contributed by atoms with E-state index in [0.717, 1.165) is 24.2 Å². The van der Waals surface area contributed by atoms with Gasteiger partial charge in [0.15, 0.2) is 0 Å². The molecular formula is C30H24Ar4N2. The molecular weight excluding hydrogens is 548 g/mol. The Balaban J connectivity index is 0.000000271. The summed E-state index contributed by atoms with van der Waals surface area (Å²) in [6.45, 7) is 0. The molecule has 0 N–H and O–H groups in total. The normalized spacial score (nSPS) is 10.2. The van der Waals surface area contributed by atoms with E-state index in [-0.39, 0.29) is 151 Å². The molecule has 0 saturated carbocycles. The minimum atomic E-state index is 0. The first-order valence-corrected chi connectivity index (χ1v) is 10.9. The summed E-state index contributed by atoms with van der Waals surface area (Å²) in [7, 11) is 0. The molecule has 6 heteroatoms. The molecule has 186 valence electrons. The van der Waals surface area contributed by atoms with Gasteiger partial charge < -0.3 is 0 Å². The number of hydrogen-bond donors (Lipinski definition) is 0. The van der Waals surface area contributed by atoms with E-state index in [1.54, 1.807) is 0 Å². The molecule has 36 heavy (non-hydrogen) atoms. The van der Waals surface area contributed by atoms with Crippen molar-refractivity contribution in [3.05, 3.63) is 144 Å². The molecule has 0 spiro atoms. The molecule has 2 heterocycles. The molecule has 3 aromatic carbocycles. The Kier molecular flexibility index (Phi) is 17.9. The van der Waals surface area contributed by atoms with Crippen LogP contribution in [0.15, 0.2) is 122 Å². The summed E-state index contributed by atoms with van der Waals surface area (Å²) < 4.78 is 0. The van der Waals surface area contributed by atoms with Crippen LogP contribution in [-0.4, -0.2) is 9.97 Å². The Morgan fingerprint density at radius 2 is 0.694 bits per heavy atom. The van der Waals surface area contributed by atoms with Crippen LogP contribution in [0.4, 0.5) is 0 Å². The number of fused-ring (bicyclic) bond motifs is 6. The van der Waals surface area contributed by atoms with Crippen LogP contribution in [0.1, 0.15) is 22.3 Å². The maximum Gasteiger partial charge on any atom is 0.0924 e. The van der Waals surface area contributed by atoms with Crippen molar-refractivity contribution in [3.8, 4) is 22.5 Å². The Bertz CT molecular complexity index is 1140. The Morgan fingerprint density at radius 3 is 1.11 bits per heavy atom. The third-order valence-electron chi connectivity index (χ3n) is 5.76. The molecule has 0 atom stereocenters. The summed E-state index contributed by atoms with van der Waals surface area (Å²) >= 11 is 0. The van der Waals surface area contributed by atoms with E-state index < -0.39 is 0 Å². The molecule has 2 aliphatic rings. The molecule has 2 nitrogen and oxygen atoms in total. The van der Waals surface area contributed by atoms with Gasteiger partial charge in [-0.1, -0.05) is 97.1 Å². The average molecular weight is 572 g/mol. The minimum absolute atomic E-state index is 0. The first-order chi connectivity index (χ1) is 15.9. The third kappa shape index (κ3) is 9.01. The van der Waals surface area contributed by atoms with Gasteiger partial charge in [0.1, 0.15) is 0 Å². The second-order valence-corrected chi connectivity index (χ2v) is 7.84. The van der Waals surface area contributed by atoms with Gasteiger partial charge in [-0.3, -0.25) is 9.97 Å². The standard InChI is InChI=1S/C13H10.C11H8N2.C6H6.4Ar/c1-3-7-12-10(5-1)9-11-6-2-4-8-13(11)12;1-3-8-7-9-4-2-6-13-11(9)10(8)12-5-1;1-2-4-6-5-3-1;;;;/h1-8H,9H2;1-6H,7H2;1-6H;;;;. The van der Waals surface area contributed by atoms with Crippen molar-refractivity contribution in [1.82, 2.24) is 9.97 Å². The van der Waals surface area contributed by atoms with E-state index in [1.807, 2.05) is 60.9 Å². The summed E-state index contributed by atoms with van der Waals surface area (Å²) in [5, 5.41) is 0. The van der Waals surface area contributed by atoms with Gasteiger partial charge in [-0.2, -0.15) is 0 Å². The number of hydrogen-bond acceptors (Lipinski definition) is 2. The first kappa shape index (κ1) is 35.0. The number of benzene rings is 3. The van der Waals surface area contributed by atoms with Crippen molar-refractivity contribution >= 4 is 0 Å². The zero-order valence-electron chi connectivity index (χ0n) is 19.3. The van der Waals surface area contributed by atoms with Gasteiger partial charge in [-0.05, 0) is 51.9 Å². The molecule has 2 aromatic heterocycles. The molecule has 2 aliphatic carbocycles. The van der Waals surface area contributed by atoms with Gasteiger partial charge in [0.2, 0.25) is 0 Å². The molecule has 5 aromatic rings. The summed E-state index contributed by atoms with van der Waals surface area (Å²) in [5.41, 5.74) is 10.4. The Labute approximate surface area is 333 Å². The minimum Gasteiger partial charge on any atom is -0.254 e. The van der Waals surface area contributed by atoms with Crippen LogP contribution in [0.5, 0.6) is 0 Å². The predicted octanol–water partition coefficient (Wildman–Crippen LogP) is 6.99. The molecule has 7 rings (SSSR count). The van der Waals surface area contributed by atoms with Crippen molar-refractivity contribution in [3.63, 3.8) is 0 Å². The fourth-order valence-electron chi connectivity index (χ4n) is 4.26. The van der Waals surface area contributed by atoms with E-state index in [4.69, 9.17) is 0 Å². The topological polar surface area (TPSA) is 25.8 Å². The van der Waals surface area contributed by atoms with E-state index in [9.17, 15) is 0 Å². The maximum absolute atomic E-state index is 4.34. The monoisotopic (exact) mass is 572 g/mol. The van der Waals surface area contributed by atoms with Crippen molar-refractivity contribution in [2.45, 2.75) is 12.8 Å². The molecule has 0 bridgehead atoms. The number of rotatable bonds is 0. The summed E-state index contributed by atoms with van der Waals surface area (Å²) in [6, 6.07) is 37.5. The van der Waals surface area contributed by atoms with E-state index >= 15 is 0 Å². The summed E-state index contributed by atoms with van der Waals surface area (Å²) in [6.07, 6.45) is 5.73. The van der Waals surface area contributed by atoms with E-state index in [0.29, 0.717) is 0 Å². The Morgan fingerprint density at radius 1 is 0.361 bits per heavy atom. The average Bonchev–Trinajstić information content (AvgIpc) is 3.44. The molecule has 0 amide bonds. The second-order valence-electron chi connectivity index (χ2n) is 7.84. The first-order valence-electron chi connectivity index (χ1n) is 10.9. The van der Waals surface area contributed by atoms with Crippen LogP contribution in [0.25, 0.3) is 22.5 Å². The maximum atomic E-state index is 4.34. The quantitative estimate of drug-likeness (QED) is 0.196. The van der Waals surface area contributed by atoms with Gasteiger partial charge >= 0.3 is 0 Å². The fourth-order valence-corrected chi connectivity index (χ4v) is 4.26. The van der Waals surface area contributed by atoms with Crippen molar-refractivity contribution in [2.24, 2.45) is 0 Å². The van der Waals surface area contributed by atoms with Gasteiger partial charge in [0.25, 0.3) is 0 Å². The molecule has 0 unspecified atom stereocenters. The Hall–Kier alpha value is 0.999. The number of aromatic nitrogens is 2. The van der Waals surface area contributed by atoms with Crippen LogP contribution in [0.2, 0.25) is 0 Å². The summed E-state index contributed by atoms with van der Waals surface area (Å²) in [5.74, 6) is 0. The SMILES string of the molecule is [Ar].[Ar].[Ar].[Ar].c1ccc2c(c1)Cc1ccccc1-2.c1ccccc1.c1cnc2c(c1)Cc1cccnc1-2. The second kappa shape index (κ2) is 18.4. The zero-order chi connectivity index (χ0) is 21.6. The predicted molar refractivity (Wildman–Crippen MR) is 131 cm³/mol. The zero-order valence-corrected chi connectivity index (χ0v) is 22.1. The van der Waals surface area contributed by atoms with E-state index in [2.05, 4.69) is 70.6 Å². The number of nitrogens with zero attached hydrogens (tertiary/aromatic N) is 2. The third-order valence-corrected chi connectivity index (χ3v) is 5.76. The van der Waals surface area contributed by atoms with Gasteiger partial charge in [-0.25, -0.2) is 0 Å². The van der Waals surface area contributed by atoms with Crippen LogP contribution >= 0.6 is 0 Å². The smallest absolute Gasteiger partial charge is 0.0924 e. The van der Waals surface area contributed by atoms with Gasteiger partial charge in [0, 0.05) is 170 Å². The fraction of sp³-hybridized carbons (Fsp3) is 0.0667. The molecule has 0 radical (unpaired) electrons. The van der Waals surface area contributed by atoms with Crippen molar-refractivity contribution < 1.29 is 151 Å². The van der Waals surface area contributed by atoms with Crippen LogP contribution < -0.4 is 0 Å². The van der Waals surface area contributed by atoms with E-state index in [1.165, 1.54) is 33.4 Å². The van der Waals surface area contributed by atoms with Gasteiger partial charge in [0.05, 0.1) is 11.4 Å². The van der Waals surface area contributed by atoms with Crippen molar-refractivity contribution in [2.75, 3.05) is 0 Å². The van der Waals surface area contributed by atoms with Crippen LogP contribution in [-0.2, 0) is 12.8 Å². The largest absolute Gasteiger partial charge is 0.254 e. The molecule has 0 saturated heterocycles. The van der Waals surface area contributed by atoms with Crippen LogP contribution in [0.3, 0.4) is 0 Å². The van der Waals surface area contributed by atoms with Crippen molar-refractivity contribution in [1.29, 1.82) is 0 Å². The summed E-state index contributed by atoms with van der Waals surface area (Å²) in [4.78, 5) is 8.68. The number of pyridine rings is 2. The van der Waals surface area contributed by atoms with Crippen LogP contribution in [0, 0.1) is 151 Å². The van der Waals surface area contributed by atoms with Gasteiger partial charge in [-0.15, -0.1) is 0 Å². The molecule has 0 aliphatic heterocycles. The molecule has 0 fully saturated rings.